The van der Waals surface area contributed by atoms with Crippen LogP contribution in [0.5, 0.6) is 0 Å². The monoisotopic (exact) mass is 301 g/mol. The second kappa shape index (κ2) is 6.00. The highest BCUT2D eigenvalue weighted by Crippen LogP contribution is 2.29. The smallest absolute Gasteiger partial charge is 0.107 e. The van der Waals surface area contributed by atoms with Crippen LogP contribution in [0, 0.1) is 25.2 Å². The highest BCUT2D eigenvalue weighted by Gasteiger charge is 2.20. The van der Waals surface area contributed by atoms with E-state index >= 15 is 0 Å². The van der Waals surface area contributed by atoms with Crippen molar-refractivity contribution in [3.63, 3.8) is 0 Å². The number of nitriles is 1. The molecule has 3 rings (SSSR count). The number of ether oxygens (including phenoxy) is 1. The maximum Gasteiger partial charge on any atom is 0.107 e. The molecule has 0 saturated carbocycles. The van der Waals surface area contributed by atoms with E-state index in [1.165, 1.54) is 23.4 Å². The Morgan fingerprint density at radius 1 is 1.52 bits per heavy atom. The normalized spacial score (nSPS) is 18.0. The van der Waals surface area contributed by atoms with E-state index in [-0.39, 0.29) is 0 Å². The number of rotatable bonds is 4. The molecule has 1 fully saturated rings. The Kier molecular flexibility index (Phi) is 4.09. The summed E-state index contributed by atoms with van der Waals surface area (Å²) < 4.78 is 8.08. The van der Waals surface area contributed by atoms with Crippen LogP contribution in [0.4, 0.5) is 0 Å². The van der Waals surface area contributed by atoms with Gasteiger partial charge in [-0.05, 0) is 32.8 Å². The number of aromatic nitrogens is 2. The summed E-state index contributed by atoms with van der Waals surface area (Å²) in [5.74, 6) is 0. The van der Waals surface area contributed by atoms with Gasteiger partial charge in [-0.15, -0.1) is 11.3 Å². The topological polar surface area (TPSA) is 50.8 Å². The van der Waals surface area contributed by atoms with Crippen molar-refractivity contribution in [1.29, 1.82) is 5.26 Å². The molecule has 21 heavy (non-hydrogen) atoms. The summed E-state index contributed by atoms with van der Waals surface area (Å²) in [5, 5.41) is 11.7. The highest BCUT2D eigenvalue weighted by molar-refractivity contribution is 7.10. The Morgan fingerprint density at radius 2 is 2.38 bits per heavy atom. The quantitative estimate of drug-likeness (QED) is 0.869. The van der Waals surface area contributed by atoms with Crippen LogP contribution >= 0.6 is 11.3 Å². The molecule has 110 valence electrons. The average molecular weight is 301 g/mol. The molecule has 5 heteroatoms. The molecule has 0 bridgehead atoms. The summed E-state index contributed by atoms with van der Waals surface area (Å²) in [6, 6.07) is 4.34. The van der Waals surface area contributed by atoms with Crippen LogP contribution in [0.15, 0.2) is 11.4 Å². The van der Waals surface area contributed by atoms with Gasteiger partial charge in [-0.1, -0.05) is 0 Å². The molecule has 2 aromatic heterocycles. The van der Waals surface area contributed by atoms with Gasteiger partial charge in [0, 0.05) is 35.5 Å². The minimum Gasteiger partial charge on any atom is -0.376 e. The molecule has 3 heterocycles. The Balaban J connectivity index is 1.87. The van der Waals surface area contributed by atoms with E-state index in [0.717, 1.165) is 30.3 Å². The van der Waals surface area contributed by atoms with Crippen molar-refractivity contribution in [3.05, 3.63) is 27.8 Å². The zero-order valence-electron chi connectivity index (χ0n) is 12.4. The number of aryl methyl sites for hydroxylation is 1. The maximum absolute atomic E-state index is 8.76. The van der Waals surface area contributed by atoms with Crippen LogP contribution in [0.3, 0.4) is 0 Å². The molecule has 0 aromatic carbocycles. The summed E-state index contributed by atoms with van der Waals surface area (Å²) in [7, 11) is 0. The summed E-state index contributed by atoms with van der Waals surface area (Å²) >= 11 is 1.56. The van der Waals surface area contributed by atoms with Crippen molar-refractivity contribution in [3.8, 4) is 17.3 Å². The van der Waals surface area contributed by atoms with Crippen LogP contribution in [0.25, 0.3) is 11.3 Å². The second-order valence-electron chi connectivity index (χ2n) is 5.49. The lowest BCUT2D eigenvalue weighted by Gasteiger charge is -2.14. The molecule has 1 unspecified atom stereocenters. The molecule has 0 N–H and O–H groups in total. The molecule has 0 aliphatic carbocycles. The number of nitrogens with zero attached hydrogens (tertiary/aromatic N) is 3. The highest BCUT2D eigenvalue weighted by atomic mass is 32.1. The van der Waals surface area contributed by atoms with Gasteiger partial charge in [0.2, 0.25) is 0 Å². The van der Waals surface area contributed by atoms with E-state index in [4.69, 9.17) is 10.00 Å². The van der Waals surface area contributed by atoms with Crippen LogP contribution in [-0.2, 0) is 17.7 Å². The predicted molar refractivity (Wildman–Crippen MR) is 83.3 cm³/mol. The minimum absolute atomic E-state index is 0.340. The zero-order chi connectivity index (χ0) is 14.8. The van der Waals surface area contributed by atoms with Gasteiger partial charge in [0.1, 0.15) is 5.01 Å². The summed E-state index contributed by atoms with van der Waals surface area (Å²) in [4.78, 5) is 4.57. The van der Waals surface area contributed by atoms with Gasteiger partial charge in [-0.25, -0.2) is 4.98 Å². The van der Waals surface area contributed by atoms with Crippen molar-refractivity contribution >= 4 is 11.3 Å². The molecule has 0 spiro atoms. The summed E-state index contributed by atoms with van der Waals surface area (Å²) in [5.41, 5.74) is 4.63. The molecular weight excluding hydrogens is 282 g/mol. The Hall–Kier alpha value is -1.64. The van der Waals surface area contributed by atoms with Gasteiger partial charge in [0.25, 0.3) is 0 Å². The van der Waals surface area contributed by atoms with E-state index in [9.17, 15) is 0 Å². The van der Waals surface area contributed by atoms with Gasteiger partial charge in [-0.3, -0.25) is 0 Å². The first kappa shape index (κ1) is 14.3. The molecule has 1 aliphatic heterocycles. The lowest BCUT2D eigenvalue weighted by Crippen LogP contribution is -2.16. The predicted octanol–water partition coefficient (Wildman–Crippen LogP) is 3.47. The van der Waals surface area contributed by atoms with Crippen molar-refractivity contribution in [1.82, 2.24) is 9.55 Å². The summed E-state index contributed by atoms with van der Waals surface area (Å²) in [6.45, 7) is 6.09. The van der Waals surface area contributed by atoms with E-state index < -0.39 is 0 Å². The fourth-order valence-corrected chi connectivity index (χ4v) is 3.64. The maximum atomic E-state index is 8.76. The third-order valence-corrected chi connectivity index (χ3v) is 4.89. The first-order chi connectivity index (χ1) is 10.2. The van der Waals surface area contributed by atoms with Gasteiger partial charge in [0.15, 0.2) is 0 Å². The van der Waals surface area contributed by atoms with Crippen molar-refractivity contribution < 1.29 is 4.74 Å². The average Bonchev–Trinajstić information content (AvgIpc) is 3.17. The van der Waals surface area contributed by atoms with Gasteiger partial charge >= 0.3 is 0 Å². The lowest BCUT2D eigenvalue weighted by atomic mass is 10.2. The van der Waals surface area contributed by atoms with Crippen LogP contribution < -0.4 is 0 Å². The summed E-state index contributed by atoms with van der Waals surface area (Å²) in [6.07, 6.45) is 3.04. The molecule has 1 saturated heterocycles. The number of hydrogen-bond acceptors (Lipinski definition) is 4. The molecule has 4 nitrogen and oxygen atoms in total. The minimum atomic E-state index is 0.340. The van der Waals surface area contributed by atoms with Crippen LogP contribution in [0.2, 0.25) is 0 Å². The molecular formula is C16H19N3OS. The fourth-order valence-electron chi connectivity index (χ4n) is 2.92. The molecule has 0 radical (unpaired) electrons. The molecule has 2 aromatic rings. The van der Waals surface area contributed by atoms with Crippen molar-refractivity contribution in [2.45, 2.75) is 45.8 Å². The first-order valence-electron chi connectivity index (χ1n) is 7.29. The van der Waals surface area contributed by atoms with Gasteiger partial charge < -0.3 is 9.30 Å². The van der Waals surface area contributed by atoms with Gasteiger partial charge in [0.05, 0.1) is 24.3 Å². The largest absolute Gasteiger partial charge is 0.376 e. The van der Waals surface area contributed by atoms with Gasteiger partial charge in [-0.2, -0.15) is 5.26 Å². The van der Waals surface area contributed by atoms with E-state index in [2.05, 4.69) is 35.5 Å². The van der Waals surface area contributed by atoms with Crippen molar-refractivity contribution in [2.24, 2.45) is 0 Å². The van der Waals surface area contributed by atoms with E-state index in [1.54, 1.807) is 11.3 Å². The second-order valence-corrected chi connectivity index (χ2v) is 6.43. The number of hydrogen-bond donors (Lipinski definition) is 0. The third-order valence-electron chi connectivity index (χ3n) is 4.04. The Bertz CT molecular complexity index is 674. The number of thiazole rings is 1. The molecule has 1 aliphatic rings. The van der Waals surface area contributed by atoms with Crippen LogP contribution in [-0.4, -0.2) is 22.3 Å². The van der Waals surface area contributed by atoms with Crippen LogP contribution in [0.1, 0.15) is 29.2 Å². The molecule has 0 amide bonds. The Labute approximate surface area is 129 Å². The first-order valence-corrected chi connectivity index (χ1v) is 8.17. The third kappa shape index (κ3) is 2.87. The van der Waals surface area contributed by atoms with E-state index in [0.29, 0.717) is 12.5 Å². The fraction of sp³-hybridized carbons (Fsp3) is 0.500. The van der Waals surface area contributed by atoms with Crippen molar-refractivity contribution in [2.75, 3.05) is 6.61 Å². The SMILES string of the molecule is Cc1cc(-c2csc(CC#N)n2)c(C)n1CC1CCCO1. The standard InChI is InChI=1S/C16H19N3OS/c1-11-8-14(15-10-21-16(18-15)5-6-17)12(2)19(11)9-13-4-3-7-20-13/h8,10,13H,3-5,7,9H2,1-2H3. The van der Waals surface area contributed by atoms with E-state index in [1.807, 2.05) is 5.38 Å². The lowest BCUT2D eigenvalue weighted by molar-refractivity contribution is 0.0962. The zero-order valence-corrected chi connectivity index (χ0v) is 13.2. The Morgan fingerprint density at radius 3 is 3.10 bits per heavy atom. The molecule has 1 atom stereocenters.